The minimum absolute atomic E-state index is 0.105. The first kappa shape index (κ1) is 14.6. The van der Waals surface area contributed by atoms with Gasteiger partial charge in [-0.3, -0.25) is 9.69 Å². The topological polar surface area (TPSA) is 45.5 Å². The highest BCUT2D eigenvalue weighted by molar-refractivity contribution is 5.30. The molecule has 0 aliphatic rings. The quantitative estimate of drug-likeness (QED) is 0.881. The molecule has 18 heavy (non-hydrogen) atoms. The SMILES string of the molecule is Cc1c(O)c(=O)cc(C(N(C)C)C(F)(F)F)n1C. The van der Waals surface area contributed by atoms with Gasteiger partial charge >= 0.3 is 6.18 Å². The Labute approximate surface area is 102 Å². The summed E-state index contributed by atoms with van der Waals surface area (Å²) in [5.41, 5.74) is -0.905. The molecule has 1 aromatic heterocycles. The van der Waals surface area contributed by atoms with Crippen LogP contribution in [-0.4, -0.2) is 34.8 Å². The van der Waals surface area contributed by atoms with Gasteiger partial charge in [-0.25, -0.2) is 0 Å². The average molecular weight is 264 g/mol. The fourth-order valence-corrected chi connectivity index (χ4v) is 1.82. The number of aromatic hydroxyl groups is 1. The molecule has 0 bridgehead atoms. The van der Waals surface area contributed by atoms with Crippen LogP contribution < -0.4 is 5.43 Å². The Hall–Kier alpha value is -1.50. The van der Waals surface area contributed by atoms with Crippen LogP contribution in [-0.2, 0) is 7.05 Å². The standard InChI is InChI=1S/C11H15F3N2O2/c1-6-9(18)8(17)5-7(16(6)4)10(15(2)3)11(12,13)14/h5,10,18H,1-4H3. The van der Waals surface area contributed by atoms with Crippen LogP contribution in [0.4, 0.5) is 13.2 Å². The number of nitrogens with zero attached hydrogens (tertiary/aromatic N) is 2. The van der Waals surface area contributed by atoms with Gasteiger partial charge in [-0.05, 0) is 21.0 Å². The van der Waals surface area contributed by atoms with E-state index in [2.05, 4.69) is 0 Å². The van der Waals surface area contributed by atoms with Crippen molar-refractivity contribution in [3.05, 3.63) is 27.7 Å². The van der Waals surface area contributed by atoms with E-state index in [9.17, 15) is 23.1 Å². The molecule has 0 fully saturated rings. The second kappa shape index (κ2) is 4.64. The monoisotopic (exact) mass is 264 g/mol. The van der Waals surface area contributed by atoms with Crippen LogP contribution in [0.5, 0.6) is 5.75 Å². The van der Waals surface area contributed by atoms with E-state index in [1.54, 1.807) is 0 Å². The zero-order chi connectivity index (χ0) is 14.2. The number of hydrogen-bond donors (Lipinski definition) is 1. The molecule has 0 radical (unpaired) electrons. The maximum absolute atomic E-state index is 13.0. The number of halogens is 3. The van der Waals surface area contributed by atoms with E-state index in [0.29, 0.717) is 0 Å². The molecule has 7 heteroatoms. The molecule has 1 atom stereocenters. The smallest absolute Gasteiger partial charge is 0.409 e. The zero-order valence-corrected chi connectivity index (χ0v) is 10.5. The number of rotatable bonds is 2. The Kier molecular flexibility index (Phi) is 3.75. The highest BCUT2D eigenvalue weighted by atomic mass is 19.4. The normalized spacial score (nSPS) is 14.0. The Bertz CT molecular complexity index is 506. The van der Waals surface area contributed by atoms with Gasteiger partial charge in [0.1, 0.15) is 6.04 Å². The first-order valence-corrected chi connectivity index (χ1v) is 5.20. The van der Waals surface area contributed by atoms with Crippen molar-refractivity contribution in [1.82, 2.24) is 9.47 Å². The molecule has 0 amide bonds. The maximum atomic E-state index is 13.0. The van der Waals surface area contributed by atoms with Crippen molar-refractivity contribution in [3.63, 3.8) is 0 Å². The van der Waals surface area contributed by atoms with Crippen LogP contribution in [0.1, 0.15) is 17.4 Å². The first-order chi connectivity index (χ1) is 8.07. The summed E-state index contributed by atoms with van der Waals surface area (Å²) < 4.78 is 40.1. The lowest BCUT2D eigenvalue weighted by Crippen LogP contribution is -2.36. The van der Waals surface area contributed by atoms with Crippen LogP contribution in [0.25, 0.3) is 0 Å². The van der Waals surface area contributed by atoms with Crippen LogP contribution in [0.2, 0.25) is 0 Å². The van der Waals surface area contributed by atoms with Gasteiger partial charge in [0.05, 0.1) is 5.69 Å². The fourth-order valence-electron chi connectivity index (χ4n) is 1.82. The third kappa shape index (κ3) is 2.50. The molecule has 4 nitrogen and oxygen atoms in total. The molecule has 1 unspecified atom stereocenters. The van der Waals surface area contributed by atoms with E-state index in [1.807, 2.05) is 0 Å². The minimum Gasteiger partial charge on any atom is -0.503 e. The molecule has 0 spiro atoms. The lowest BCUT2D eigenvalue weighted by atomic mass is 10.1. The summed E-state index contributed by atoms with van der Waals surface area (Å²) in [6, 6.07) is -1.07. The molecule has 0 aromatic carbocycles. The largest absolute Gasteiger partial charge is 0.503 e. The number of alkyl halides is 3. The van der Waals surface area contributed by atoms with Crippen molar-refractivity contribution in [2.45, 2.75) is 19.1 Å². The molecular weight excluding hydrogens is 249 g/mol. The zero-order valence-electron chi connectivity index (χ0n) is 10.5. The van der Waals surface area contributed by atoms with E-state index < -0.39 is 23.4 Å². The number of pyridine rings is 1. The van der Waals surface area contributed by atoms with Crippen LogP contribution in [0.15, 0.2) is 10.9 Å². The summed E-state index contributed by atoms with van der Waals surface area (Å²) in [6.45, 7) is 1.39. The van der Waals surface area contributed by atoms with Crippen LogP contribution in [0.3, 0.4) is 0 Å². The second-order valence-corrected chi connectivity index (χ2v) is 4.33. The van der Waals surface area contributed by atoms with E-state index in [4.69, 9.17) is 0 Å². The van der Waals surface area contributed by atoms with Gasteiger partial charge in [0.15, 0.2) is 5.75 Å². The Morgan fingerprint density at radius 3 is 2.28 bits per heavy atom. The van der Waals surface area contributed by atoms with Gasteiger partial charge in [0, 0.05) is 18.8 Å². The summed E-state index contributed by atoms with van der Waals surface area (Å²) in [5.74, 6) is -0.527. The third-order valence-electron chi connectivity index (χ3n) is 2.85. The molecule has 0 saturated heterocycles. The van der Waals surface area contributed by atoms with Gasteiger partial charge in [-0.2, -0.15) is 13.2 Å². The third-order valence-corrected chi connectivity index (χ3v) is 2.85. The molecule has 1 aromatic rings. The number of hydrogen-bond acceptors (Lipinski definition) is 3. The summed E-state index contributed by atoms with van der Waals surface area (Å²) >= 11 is 0. The average Bonchev–Trinajstić information content (AvgIpc) is 2.20. The van der Waals surface area contributed by atoms with Gasteiger partial charge < -0.3 is 9.67 Å². The van der Waals surface area contributed by atoms with Gasteiger partial charge in [0.25, 0.3) is 0 Å². The van der Waals surface area contributed by atoms with Gasteiger partial charge in [-0.1, -0.05) is 0 Å². The number of aromatic nitrogens is 1. The van der Waals surface area contributed by atoms with E-state index >= 15 is 0 Å². The summed E-state index contributed by atoms with van der Waals surface area (Å²) in [5, 5.41) is 9.41. The van der Waals surface area contributed by atoms with Crippen molar-refractivity contribution >= 4 is 0 Å². The molecule has 1 N–H and O–H groups in total. The van der Waals surface area contributed by atoms with Crippen molar-refractivity contribution in [1.29, 1.82) is 0 Å². The summed E-state index contributed by atoms with van der Waals surface area (Å²) in [6.07, 6.45) is -4.50. The van der Waals surface area contributed by atoms with E-state index in [0.717, 1.165) is 11.0 Å². The molecule has 0 saturated carbocycles. The van der Waals surface area contributed by atoms with Crippen LogP contribution in [0, 0.1) is 6.92 Å². The highest BCUT2D eigenvalue weighted by Crippen LogP contribution is 2.36. The first-order valence-electron chi connectivity index (χ1n) is 5.20. The molecule has 1 rings (SSSR count). The molecule has 102 valence electrons. The molecule has 0 aliphatic heterocycles. The predicted molar refractivity (Wildman–Crippen MR) is 60.6 cm³/mol. The predicted octanol–water partition coefficient (Wildman–Crippen LogP) is 1.56. The molecule has 0 aliphatic carbocycles. The van der Waals surface area contributed by atoms with Crippen LogP contribution >= 0.6 is 0 Å². The van der Waals surface area contributed by atoms with Gasteiger partial charge in [0.2, 0.25) is 5.43 Å². The van der Waals surface area contributed by atoms with E-state index in [1.165, 1.54) is 32.6 Å². The lowest BCUT2D eigenvalue weighted by molar-refractivity contribution is -0.181. The van der Waals surface area contributed by atoms with Crippen molar-refractivity contribution in [2.75, 3.05) is 14.1 Å². The summed E-state index contributed by atoms with van der Waals surface area (Å²) in [7, 11) is 3.95. The molecule has 1 heterocycles. The Morgan fingerprint density at radius 1 is 1.39 bits per heavy atom. The van der Waals surface area contributed by atoms with Crippen molar-refractivity contribution in [2.24, 2.45) is 7.05 Å². The Balaban J connectivity index is 3.53. The second-order valence-electron chi connectivity index (χ2n) is 4.33. The van der Waals surface area contributed by atoms with Crippen molar-refractivity contribution in [3.8, 4) is 5.75 Å². The molecular formula is C11H15F3N2O2. The minimum atomic E-state index is -4.50. The van der Waals surface area contributed by atoms with Crippen molar-refractivity contribution < 1.29 is 18.3 Å². The Morgan fingerprint density at radius 2 is 1.89 bits per heavy atom. The lowest BCUT2D eigenvalue weighted by Gasteiger charge is -2.29. The maximum Gasteiger partial charge on any atom is 0.409 e. The highest BCUT2D eigenvalue weighted by Gasteiger charge is 2.44. The fraction of sp³-hybridized carbons (Fsp3) is 0.545. The van der Waals surface area contributed by atoms with Gasteiger partial charge in [-0.15, -0.1) is 0 Å². The summed E-state index contributed by atoms with van der Waals surface area (Å²) in [4.78, 5) is 12.4. The van der Waals surface area contributed by atoms with E-state index in [-0.39, 0.29) is 11.4 Å².